The van der Waals surface area contributed by atoms with Crippen molar-refractivity contribution in [2.24, 2.45) is 5.73 Å². The second kappa shape index (κ2) is 5.44. The Morgan fingerprint density at radius 2 is 1.90 bits per heavy atom. The zero-order chi connectivity index (χ0) is 15.6. The van der Waals surface area contributed by atoms with Crippen LogP contribution in [0.15, 0.2) is 36.5 Å². The number of hydrogen-bond donors (Lipinski definition) is 2. The Labute approximate surface area is 123 Å². The third-order valence-corrected chi connectivity index (χ3v) is 3.04. The molecule has 1 aromatic heterocycles. The lowest BCUT2D eigenvalue weighted by atomic mass is 9.86. The summed E-state index contributed by atoms with van der Waals surface area (Å²) in [6, 6.07) is 9.09. The molecule has 0 radical (unpaired) electrons. The molecule has 0 atom stereocenters. The molecule has 21 heavy (non-hydrogen) atoms. The Bertz CT molecular complexity index is 675. The Morgan fingerprint density at radius 3 is 2.52 bits per heavy atom. The van der Waals surface area contributed by atoms with E-state index in [9.17, 15) is 4.79 Å². The first kappa shape index (κ1) is 14.8. The number of benzene rings is 1. The predicted octanol–water partition coefficient (Wildman–Crippen LogP) is 2.85. The number of pyridine rings is 1. The van der Waals surface area contributed by atoms with Crippen LogP contribution in [0.3, 0.4) is 0 Å². The molecule has 0 unspecified atom stereocenters. The van der Waals surface area contributed by atoms with Crippen LogP contribution in [0.25, 0.3) is 0 Å². The van der Waals surface area contributed by atoms with Gasteiger partial charge in [-0.3, -0.25) is 4.79 Å². The lowest BCUT2D eigenvalue weighted by molar-refractivity contribution is 0.0997. The SMILES string of the molecule is CC(C)(C)c1ccccc1Oc1ncc(N)cc1C(N)=O. The van der Waals surface area contributed by atoms with Gasteiger partial charge in [-0.05, 0) is 17.5 Å². The number of carbonyl (C=O) groups is 1. The molecule has 0 aliphatic carbocycles. The third kappa shape index (κ3) is 3.31. The lowest BCUT2D eigenvalue weighted by Crippen LogP contribution is -2.15. The quantitative estimate of drug-likeness (QED) is 0.907. The van der Waals surface area contributed by atoms with Crippen LogP contribution >= 0.6 is 0 Å². The van der Waals surface area contributed by atoms with Gasteiger partial charge in [0.1, 0.15) is 11.3 Å². The fourth-order valence-electron chi connectivity index (χ4n) is 2.01. The van der Waals surface area contributed by atoms with E-state index >= 15 is 0 Å². The molecule has 5 heteroatoms. The first-order chi connectivity index (χ1) is 9.79. The molecule has 1 amide bonds. The zero-order valence-electron chi connectivity index (χ0n) is 12.4. The van der Waals surface area contributed by atoms with Gasteiger partial charge in [0.2, 0.25) is 5.88 Å². The summed E-state index contributed by atoms with van der Waals surface area (Å²) in [5, 5.41) is 0. The van der Waals surface area contributed by atoms with E-state index in [0.29, 0.717) is 11.4 Å². The van der Waals surface area contributed by atoms with Crippen LogP contribution in [0.2, 0.25) is 0 Å². The molecule has 0 fully saturated rings. The van der Waals surface area contributed by atoms with Crippen LogP contribution in [0.5, 0.6) is 11.6 Å². The average molecular weight is 285 g/mol. The highest BCUT2D eigenvalue weighted by atomic mass is 16.5. The Hall–Kier alpha value is -2.56. The van der Waals surface area contributed by atoms with Gasteiger partial charge in [0.25, 0.3) is 5.91 Å². The number of primary amides is 1. The summed E-state index contributed by atoms with van der Waals surface area (Å²) >= 11 is 0. The molecule has 0 saturated heterocycles. The van der Waals surface area contributed by atoms with Gasteiger partial charge in [0.05, 0.1) is 11.9 Å². The number of aromatic nitrogens is 1. The van der Waals surface area contributed by atoms with Crippen molar-refractivity contribution in [3.05, 3.63) is 47.7 Å². The van der Waals surface area contributed by atoms with Crippen LogP contribution < -0.4 is 16.2 Å². The molecule has 1 heterocycles. The van der Waals surface area contributed by atoms with Gasteiger partial charge in [-0.15, -0.1) is 0 Å². The molecule has 4 N–H and O–H groups in total. The van der Waals surface area contributed by atoms with E-state index < -0.39 is 5.91 Å². The average Bonchev–Trinajstić information content (AvgIpc) is 2.40. The van der Waals surface area contributed by atoms with E-state index in [1.54, 1.807) is 0 Å². The van der Waals surface area contributed by atoms with E-state index in [1.165, 1.54) is 12.3 Å². The molecule has 110 valence electrons. The normalized spacial score (nSPS) is 11.2. The number of rotatable bonds is 3. The fourth-order valence-corrected chi connectivity index (χ4v) is 2.01. The van der Waals surface area contributed by atoms with E-state index in [2.05, 4.69) is 25.8 Å². The number of nitrogens with two attached hydrogens (primary N) is 2. The van der Waals surface area contributed by atoms with Crippen molar-refractivity contribution in [1.82, 2.24) is 4.98 Å². The highest BCUT2D eigenvalue weighted by Crippen LogP contribution is 2.34. The lowest BCUT2D eigenvalue weighted by Gasteiger charge is -2.22. The van der Waals surface area contributed by atoms with Crippen LogP contribution in [0.1, 0.15) is 36.7 Å². The minimum atomic E-state index is -0.627. The van der Waals surface area contributed by atoms with Gasteiger partial charge in [-0.25, -0.2) is 4.98 Å². The molecule has 2 rings (SSSR count). The summed E-state index contributed by atoms with van der Waals surface area (Å²) < 4.78 is 5.82. The number of ether oxygens (including phenoxy) is 1. The summed E-state index contributed by atoms with van der Waals surface area (Å²) in [7, 11) is 0. The first-order valence-electron chi connectivity index (χ1n) is 6.61. The van der Waals surface area contributed by atoms with Gasteiger partial charge in [-0.1, -0.05) is 39.0 Å². The number of anilines is 1. The van der Waals surface area contributed by atoms with Crippen molar-refractivity contribution in [2.45, 2.75) is 26.2 Å². The largest absolute Gasteiger partial charge is 0.438 e. The van der Waals surface area contributed by atoms with E-state index in [0.717, 1.165) is 5.56 Å². The molecule has 5 nitrogen and oxygen atoms in total. The van der Waals surface area contributed by atoms with Crippen LogP contribution in [0.4, 0.5) is 5.69 Å². The smallest absolute Gasteiger partial charge is 0.254 e. The summed E-state index contributed by atoms with van der Waals surface area (Å²) in [5.74, 6) is 0.177. The maximum absolute atomic E-state index is 11.5. The van der Waals surface area contributed by atoms with Crippen molar-refractivity contribution >= 4 is 11.6 Å². The minimum Gasteiger partial charge on any atom is -0.438 e. The monoisotopic (exact) mass is 285 g/mol. The van der Waals surface area contributed by atoms with Gasteiger partial charge >= 0.3 is 0 Å². The maximum atomic E-state index is 11.5. The number of amides is 1. The van der Waals surface area contributed by atoms with Crippen molar-refractivity contribution in [2.75, 3.05) is 5.73 Å². The predicted molar refractivity (Wildman–Crippen MR) is 82.4 cm³/mol. The van der Waals surface area contributed by atoms with Gasteiger partial charge in [0.15, 0.2) is 0 Å². The van der Waals surface area contributed by atoms with E-state index in [-0.39, 0.29) is 16.9 Å². The fraction of sp³-hybridized carbons (Fsp3) is 0.250. The number of nitrogens with zero attached hydrogens (tertiary/aromatic N) is 1. The molecular weight excluding hydrogens is 266 g/mol. The zero-order valence-corrected chi connectivity index (χ0v) is 12.4. The summed E-state index contributed by atoms with van der Waals surface area (Å²) in [5.41, 5.74) is 12.4. The highest BCUT2D eigenvalue weighted by molar-refractivity contribution is 5.95. The molecule has 0 saturated carbocycles. The Kier molecular flexibility index (Phi) is 3.84. The van der Waals surface area contributed by atoms with Crippen molar-refractivity contribution in [1.29, 1.82) is 0 Å². The minimum absolute atomic E-state index is 0.0999. The van der Waals surface area contributed by atoms with Crippen molar-refractivity contribution in [3.63, 3.8) is 0 Å². The van der Waals surface area contributed by atoms with Crippen LogP contribution in [0, 0.1) is 0 Å². The molecule has 1 aromatic carbocycles. The highest BCUT2D eigenvalue weighted by Gasteiger charge is 2.20. The Balaban J connectivity index is 2.47. The second-order valence-electron chi connectivity index (χ2n) is 5.83. The molecule has 0 bridgehead atoms. The van der Waals surface area contributed by atoms with E-state index in [1.807, 2.05) is 24.3 Å². The maximum Gasteiger partial charge on any atom is 0.254 e. The molecular formula is C16H19N3O2. The third-order valence-electron chi connectivity index (χ3n) is 3.04. The van der Waals surface area contributed by atoms with Crippen LogP contribution in [-0.4, -0.2) is 10.9 Å². The number of nitrogen functional groups attached to an aromatic ring is 1. The van der Waals surface area contributed by atoms with Gasteiger partial charge < -0.3 is 16.2 Å². The molecule has 2 aromatic rings. The Morgan fingerprint density at radius 1 is 1.24 bits per heavy atom. The summed E-state index contributed by atoms with van der Waals surface area (Å²) in [6.07, 6.45) is 1.43. The summed E-state index contributed by atoms with van der Waals surface area (Å²) in [4.78, 5) is 15.6. The summed E-state index contributed by atoms with van der Waals surface area (Å²) in [6.45, 7) is 6.25. The number of carbonyl (C=O) groups excluding carboxylic acids is 1. The van der Waals surface area contributed by atoms with E-state index in [4.69, 9.17) is 16.2 Å². The van der Waals surface area contributed by atoms with Gasteiger partial charge in [-0.2, -0.15) is 0 Å². The van der Waals surface area contributed by atoms with Crippen molar-refractivity contribution < 1.29 is 9.53 Å². The first-order valence-corrected chi connectivity index (χ1v) is 6.61. The van der Waals surface area contributed by atoms with Crippen molar-refractivity contribution in [3.8, 4) is 11.6 Å². The molecule has 0 aliphatic heterocycles. The standard InChI is InChI=1S/C16H19N3O2/c1-16(2,3)12-6-4-5-7-13(12)21-15-11(14(18)20)8-10(17)9-19-15/h4-9H,17H2,1-3H3,(H2,18,20). The molecule has 0 aliphatic rings. The number of para-hydroxylation sites is 1. The van der Waals surface area contributed by atoms with Gasteiger partial charge in [0, 0.05) is 5.56 Å². The topological polar surface area (TPSA) is 91.2 Å². The second-order valence-corrected chi connectivity index (χ2v) is 5.83. The van der Waals surface area contributed by atoms with Crippen LogP contribution in [-0.2, 0) is 5.41 Å². The molecule has 0 spiro atoms. The number of hydrogen-bond acceptors (Lipinski definition) is 4.